The zero-order valence-electron chi connectivity index (χ0n) is 9.71. The standard InChI is InChI=1S/C12H15N3O2/c1-9-2-4-10(5-3-9)6-7-11(14-15-13)8-12(16)17/h2-5,11H,6-8H2,1H3,(H,16,17). The number of aliphatic carboxylic acids is 1. The Morgan fingerprint density at radius 2 is 2.12 bits per heavy atom. The predicted octanol–water partition coefficient (Wildman–Crippen LogP) is 3.08. The molecule has 17 heavy (non-hydrogen) atoms. The van der Waals surface area contributed by atoms with E-state index in [1.165, 1.54) is 5.56 Å². The molecule has 0 radical (unpaired) electrons. The number of hydrogen-bond donors (Lipinski definition) is 1. The fraction of sp³-hybridized carbons (Fsp3) is 0.417. The highest BCUT2D eigenvalue weighted by molar-refractivity contribution is 5.67. The van der Waals surface area contributed by atoms with Crippen LogP contribution in [-0.2, 0) is 11.2 Å². The molecular formula is C12H15N3O2. The quantitative estimate of drug-likeness (QED) is 0.465. The molecule has 0 aromatic heterocycles. The number of rotatable bonds is 6. The molecule has 0 saturated carbocycles. The van der Waals surface area contributed by atoms with Gasteiger partial charge in [-0.3, -0.25) is 4.79 Å². The summed E-state index contributed by atoms with van der Waals surface area (Å²) in [6.07, 6.45) is 1.16. The zero-order chi connectivity index (χ0) is 12.7. The van der Waals surface area contributed by atoms with Crippen molar-refractivity contribution in [1.29, 1.82) is 0 Å². The molecule has 1 aromatic carbocycles. The summed E-state index contributed by atoms with van der Waals surface area (Å²) in [5.41, 5.74) is 10.7. The van der Waals surface area contributed by atoms with Gasteiger partial charge in [-0.15, -0.1) is 0 Å². The number of nitrogens with zero attached hydrogens (tertiary/aromatic N) is 3. The Morgan fingerprint density at radius 1 is 1.47 bits per heavy atom. The van der Waals surface area contributed by atoms with Crippen LogP contribution in [0, 0.1) is 6.92 Å². The van der Waals surface area contributed by atoms with E-state index in [1.807, 2.05) is 31.2 Å². The summed E-state index contributed by atoms with van der Waals surface area (Å²) < 4.78 is 0. The van der Waals surface area contributed by atoms with Crippen LogP contribution >= 0.6 is 0 Å². The van der Waals surface area contributed by atoms with Crippen molar-refractivity contribution >= 4 is 5.97 Å². The minimum Gasteiger partial charge on any atom is -0.481 e. The van der Waals surface area contributed by atoms with Gasteiger partial charge in [0.1, 0.15) is 0 Å². The van der Waals surface area contributed by atoms with Gasteiger partial charge in [-0.2, -0.15) is 0 Å². The molecule has 5 heteroatoms. The highest BCUT2D eigenvalue weighted by atomic mass is 16.4. The van der Waals surface area contributed by atoms with Crippen molar-refractivity contribution in [2.45, 2.75) is 32.2 Å². The smallest absolute Gasteiger partial charge is 0.303 e. The van der Waals surface area contributed by atoms with Gasteiger partial charge in [0.05, 0.1) is 6.42 Å². The molecule has 90 valence electrons. The Hall–Kier alpha value is -2.00. The largest absolute Gasteiger partial charge is 0.481 e. The van der Waals surface area contributed by atoms with Gasteiger partial charge >= 0.3 is 5.97 Å². The molecule has 1 atom stereocenters. The van der Waals surface area contributed by atoms with Gasteiger partial charge in [0.2, 0.25) is 0 Å². The molecule has 0 amide bonds. The van der Waals surface area contributed by atoms with Crippen LogP contribution < -0.4 is 0 Å². The Labute approximate surface area is 99.7 Å². The summed E-state index contributed by atoms with van der Waals surface area (Å²) in [5, 5.41) is 12.2. The molecule has 1 N–H and O–H groups in total. The molecule has 0 aliphatic heterocycles. The summed E-state index contributed by atoms with van der Waals surface area (Å²) in [6.45, 7) is 2.01. The summed E-state index contributed by atoms with van der Waals surface area (Å²) in [5.74, 6) is -0.939. The van der Waals surface area contributed by atoms with Crippen molar-refractivity contribution in [2.75, 3.05) is 0 Å². The van der Waals surface area contributed by atoms with Crippen LogP contribution in [0.3, 0.4) is 0 Å². The van der Waals surface area contributed by atoms with Gasteiger partial charge in [-0.25, -0.2) is 0 Å². The number of hydrogen-bond acceptors (Lipinski definition) is 2. The van der Waals surface area contributed by atoms with Crippen molar-refractivity contribution in [3.8, 4) is 0 Å². The fourth-order valence-electron chi connectivity index (χ4n) is 1.56. The third-order valence-corrected chi connectivity index (χ3v) is 2.51. The van der Waals surface area contributed by atoms with Gasteiger partial charge in [-0.05, 0) is 30.9 Å². The first-order valence-corrected chi connectivity index (χ1v) is 5.43. The third-order valence-electron chi connectivity index (χ3n) is 2.51. The number of benzene rings is 1. The summed E-state index contributed by atoms with van der Waals surface area (Å²) >= 11 is 0. The number of carbonyl (C=O) groups is 1. The Morgan fingerprint density at radius 3 is 2.65 bits per heavy atom. The SMILES string of the molecule is Cc1ccc(CCC(CC(=O)O)N=[N+]=[N-])cc1. The van der Waals surface area contributed by atoms with Gasteiger partial charge in [0, 0.05) is 11.0 Å². The average molecular weight is 233 g/mol. The lowest BCUT2D eigenvalue weighted by Crippen LogP contribution is -2.11. The molecule has 0 aliphatic carbocycles. The van der Waals surface area contributed by atoms with Crippen LogP contribution in [0.1, 0.15) is 24.0 Å². The van der Waals surface area contributed by atoms with Crippen molar-refractivity contribution in [1.82, 2.24) is 0 Å². The second kappa shape index (κ2) is 6.55. The topological polar surface area (TPSA) is 86.1 Å². The van der Waals surface area contributed by atoms with E-state index in [0.717, 1.165) is 12.0 Å². The predicted molar refractivity (Wildman–Crippen MR) is 64.7 cm³/mol. The van der Waals surface area contributed by atoms with E-state index < -0.39 is 12.0 Å². The number of carboxylic acid groups (broad SMARTS) is 1. The van der Waals surface area contributed by atoms with Crippen molar-refractivity contribution < 1.29 is 9.90 Å². The first-order valence-electron chi connectivity index (χ1n) is 5.43. The first-order chi connectivity index (χ1) is 8.11. The maximum absolute atomic E-state index is 10.6. The molecule has 1 aromatic rings. The highest BCUT2D eigenvalue weighted by Gasteiger charge is 2.11. The maximum Gasteiger partial charge on any atom is 0.303 e. The maximum atomic E-state index is 10.6. The third kappa shape index (κ3) is 5.04. The molecule has 0 heterocycles. The average Bonchev–Trinajstić information content (AvgIpc) is 2.27. The lowest BCUT2D eigenvalue weighted by molar-refractivity contribution is -0.137. The summed E-state index contributed by atoms with van der Waals surface area (Å²) in [6, 6.07) is 7.55. The molecular weight excluding hydrogens is 218 g/mol. The van der Waals surface area contributed by atoms with E-state index >= 15 is 0 Å². The Bertz CT molecular complexity index is 422. The second-order valence-corrected chi connectivity index (χ2v) is 3.98. The summed E-state index contributed by atoms with van der Waals surface area (Å²) in [7, 11) is 0. The van der Waals surface area contributed by atoms with Crippen LogP contribution in [0.25, 0.3) is 10.4 Å². The van der Waals surface area contributed by atoms with Crippen LogP contribution in [0.2, 0.25) is 0 Å². The van der Waals surface area contributed by atoms with Crippen molar-refractivity contribution in [3.05, 3.63) is 45.8 Å². The van der Waals surface area contributed by atoms with Gasteiger partial charge in [0.25, 0.3) is 0 Å². The van der Waals surface area contributed by atoms with Crippen LogP contribution in [0.5, 0.6) is 0 Å². The van der Waals surface area contributed by atoms with Crippen LogP contribution in [-0.4, -0.2) is 17.1 Å². The fourth-order valence-corrected chi connectivity index (χ4v) is 1.56. The van der Waals surface area contributed by atoms with Crippen molar-refractivity contribution in [3.63, 3.8) is 0 Å². The lowest BCUT2D eigenvalue weighted by Gasteiger charge is -2.08. The minimum absolute atomic E-state index is 0.115. The number of azide groups is 1. The second-order valence-electron chi connectivity index (χ2n) is 3.98. The Balaban J connectivity index is 2.54. The van der Waals surface area contributed by atoms with Gasteiger partial charge in [0.15, 0.2) is 0 Å². The normalized spacial score (nSPS) is 11.6. The van der Waals surface area contributed by atoms with E-state index in [-0.39, 0.29) is 6.42 Å². The van der Waals surface area contributed by atoms with E-state index in [9.17, 15) is 4.79 Å². The van der Waals surface area contributed by atoms with E-state index in [0.29, 0.717) is 6.42 Å². The van der Waals surface area contributed by atoms with Crippen molar-refractivity contribution in [2.24, 2.45) is 5.11 Å². The van der Waals surface area contributed by atoms with E-state index in [1.54, 1.807) is 0 Å². The molecule has 0 fully saturated rings. The Kier molecular flexibility index (Phi) is 5.04. The molecule has 1 rings (SSSR count). The first kappa shape index (κ1) is 13.1. The van der Waals surface area contributed by atoms with E-state index in [4.69, 9.17) is 10.6 Å². The molecule has 0 aliphatic rings. The molecule has 0 bridgehead atoms. The summed E-state index contributed by atoms with van der Waals surface area (Å²) in [4.78, 5) is 13.2. The molecule has 0 saturated heterocycles. The highest BCUT2D eigenvalue weighted by Crippen LogP contribution is 2.11. The molecule has 1 unspecified atom stereocenters. The lowest BCUT2D eigenvalue weighted by atomic mass is 10.0. The molecule has 5 nitrogen and oxygen atoms in total. The molecule has 0 spiro atoms. The number of aryl methyl sites for hydroxylation is 2. The van der Waals surface area contributed by atoms with Crippen LogP contribution in [0.15, 0.2) is 29.4 Å². The van der Waals surface area contributed by atoms with E-state index in [2.05, 4.69) is 10.0 Å². The van der Waals surface area contributed by atoms with Gasteiger partial charge < -0.3 is 5.11 Å². The minimum atomic E-state index is -0.939. The zero-order valence-corrected chi connectivity index (χ0v) is 9.71. The monoisotopic (exact) mass is 233 g/mol. The number of carboxylic acids is 1. The van der Waals surface area contributed by atoms with Gasteiger partial charge in [-0.1, -0.05) is 34.9 Å². The van der Waals surface area contributed by atoms with Crippen LogP contribution in [0.4, 0.5) is 0 Å².